The molecule has 1 aromatic carbocycles. The number of pyridine rings is 1. The average Bonchev–Trinajstić information content (AvgIpc) is 3.24. The molecule has 10 heteroatoms. The normalized spacial score (nSPS) is 11.4. The molecule has 0 aliphatic heterocycles. The molecule has 0 radical (unpaired) electrons. The predicted molar refractivity (Wildman–Crippen MR) is 116 cm³/mol. The Morgan fingerprint density at radius 1 is 1.27 bits per heavy atom. The number of nitrogens with two attached hydrogens (primary N) is 1. The van der Waals surface area contributed by atoms with E-state index in [9.17, 15) is 15.3 Å². The van der Waals surface area contributed by atoms with Crippen molar-refractivity contribution in [3.8, 4) is 23.5 Å². The lowest BCUT2D eigenvalue weighted by Gasteiger charge is -2.15. The molecule has 0 saturated carbocycles. The molecule has 0 aliphatic carbocycles. The highest BCUT2D eigenvalue weighted by Gasteiger charge is 2.25. The molecule has 1 amide bonds. The number of amides is 1. The molecule has 3 rings (SSSR count). The van der Waals surface area contributed by atoms with Gasteiger partial charge in [0, 0.05) is 5.02 Å². The highest BCUT2D eigenvalue weighted by Crippen LogP contribution is 2.37. The summed E-state index contributed by atoms with van der Waals surface area (Å²) in [5.74, 6) is -0.111. The van der Waals surface area contributed by atoms with Crippen molar-refractivity contribution in [3.05, 3.63) is 57.8 Å². The molecule has 3 aromatic rings. The first-order valence-corrected chi connectivity index (χ1v) is 10.1. The van der Waals surface area contributed by atoms with Crippen LogP contribution in [0.1, 0.15) is 18.1 Å². The molecule has 0 spiro atoms. The van der Waals surface area contributed by atoms with Gasteiger partial charge in [0.15, 0.2) is 0 Å². The van der Waals surface area contributed by atoms with Crippen LogP contribution in [0.3, 0.4) is 0 Å². The van der Waals surface area contributed by atoms with Crippen molar-refractivity contribution in [1.82, 2.24) is 4.98 Å². The quantitative estimate of drug-likeness (QED) is 0.510. The molecule has 0 fully saturated rings. The van der Waals surface area contributed by atoms with Crippen molar-refractivity contribution in [2.24, 2.45) is 0 Å². The summed E-state index contributed by atoms with van der Waals surface area (Å²) in [5.41, 5.74) is 6.73. The Morgan fingerprint density at radius 2 is 2.00 bits per heavy atom. The molecule has 0 bridgehead atoms. The van der Waals surface area contributed by atoms with E-state index in [4.69, 9.17) is 33.4 Å². The van der Waals surface area contributed by atoms with E-state index in [2.05, 4.69) is 10.3 Å². The van der Waals surface area contributed by atoms with Gasteiger partial charge in [0.2, 0.25) is 5.91 Å². The Labute approximate surface area is 186 Å². The molecule has 150 valence electrons. The van der Waals surface area contributed by atoms with Gasteiger partial charge in [-0.1, -0.05) is 35.0 Å². The Hall–Kier alpha value is -3.17. The van der Waals surface area contributed by atoms with Gasteiger partial charge < -0.3 is 15.5 Å². The maximum Gasteiger partial charge on any atom is 0.237 e. The lowest BCUT2D eigenvalue weighted by molar-refractivity contribution is -0.115. The topological polar surface area (TPSA) is 129 Å². The van der Waals surface area contributed by atoms with Crippen LogP contribution in [0.25, 0.3) is 11.3 Å². The van der Waals surface area contributed by atoms with Gasteiger partial charge in [0.1, 0.15) is 34.3 Å². The Balaban J connectivity index is 1.93. The van der Waals surface area contributed by atoms with Crippen molar-refractivity contribution in [1.29, 1.82) is 10.5 Å². The first kappa shape index (κ1) is 21.5. The zero-order valence-corrected chi connectivity index (χ0v) is 17.8. The van der Waals surface area contributed by atoms with Crippen LogP contribution in [-0.2, 0) is 4.79 Å². The number of benzene rings is 1. The number of nitrogens with one attached hydrogen (secondary N) is 1. The molecular formula is C20H13Cl2N5O2S. The van der Waals surface area contributed by atoms with E-state index in [1.807, 2.05) is 12.1 Å². The van der Waals surface area contributed by atoms with E-state index in [0.29, 0.717) is 21.5 Å². The van der Waals surface area contributed by atoms with Crippen molar-refractivity contribution >= 4 is 52.4 Å². The molecule has 2 aromatic heterocycles. The average molecular weight is 458 g/mol. The van der Waals surface area contributed by atoms with E-state index >= 15 is 0 Å². The van der Waals surface area contributed by atoms with Crippen molar-refractivity contribution in [2.45, 2.75) is 17.2 Å². The number of aromatic nitrogens is 1. The van der Waals surface area contributed by atoms with Gasteiger partial charge in [-0.25, -0.2) is 4.98 Å². The van der Waals surface area contributed by atoms with Gasteiger partial charge in [0.05, 0.1) is 33.4 Å². The molecule has 1 atom stereocenters. The lowest BCUT2D eigenvalue weighted by Crippen LogP contribution is -2.23. The van der Waals surface area contributed by atoms with Crippen molar-refractivity contribution < 1.29 is 9.21 Å². The van der Waals surface area contributed by atoms with Crippen LogP contribution in [0.5, 0.6) is 0 Å². The molecule has 1 unspecified atom stereocenters. The second-order valence-electron chi connectivity index (χ2n) is 6.00. The van der Waals surface area contributed by atoms with Gasteiger partial charge >= 0.3 is 0 Å². The van der Waals surface area contributed by atoms with Crippen LogP contribution >= 0.6 is 35.0 Å². The van der Waals surface area contributed by atoms with Crippen LogP contribution in [0.15, 0.2) is 46.0 Å². The van der Waals surface area contributed by atoms with Crippen molar-refractivity contribution in [3.63, 3.8) is 0 Å². The zero-order valence-electron chi connectivity index (χ0n) is 15.4. The molecule has 0 saturated heterocycles. The summed E-state index contributed by atoms with van der Waals surface area (Å²) in [6.45, 7) is 1.65. The number of nitriles is 2. The SMILES string of the molecule is CC(Sc1nc(N)c(C#N)c(-c2ccco2)c1C#N)C(=O)Nc1ccc(Cl)cc1Cl. The Kier molecular flexibility index (Phi) is 6.53. The second-order valence-corrected chi connectivity index (χ2v) is 8.17. The Morgan fingerprint density at radius 3 is 2.60 bits per heavy atom. The van der Waals surface area contributed by atoms with Gasteiger partial charge in [-0.2, -0.15) is 10.5 Å². The molecular weight excluding hydrogens is 445 g/mol. The van der Waals surface area contributed by atoms with Gasteiger partial charge in [-0.05, 0) is 37.3 Å². The van der Waals surface area contributed by atoms with E-state index in [-0.39, 0.29) is 33.4 Å². The Bertz CT molecular complexity index is 1200. The first-order chi connectivity index (χ1) is 14.3. The van der Waals surface area contributed by atoms with E-state index in [0.717, 1.165) is 11.8 Å². The standard InChI is InChI=1S/C20H13Cl2N5O2S/c1-10(19(28)26-15-5-4-11(21)7-14(15)22)30-20-13(9-24)17(16-3-2-6-29-16)12(8-23)18(25)27-20/h2-7,10H,1H3,(H2,25,27)(H,26,28). The van der Waals surface area contributed by atoms with Gasteiger partial charge in [-0.15, -0.1) is 0 Å². The number of carbonyl (C=O) groups excluding carboxylic acids is 1. The number of hydrogen-bond acceptors (Lipinski definition) is 7. The van der Waals surface area contributed by atoms with Gasteiger partial charge in [0.25, 0.3) is 0 Å². The summed E-state index contributed by atoms with van der Waals surface area (Å²) >= 11 is 13.0. The summed E-state index contributed by atoms with van der Waals surface area (Å²) < 4.78 is 5.37. The van der Waals surface area contributed by atoms with E-state index in [1.165, 1.54) is 12.3 Å². The summed E-state index contributed by atoms with van der Waals surface area (Å²) in [5, 5.41) is 22.2. The molecule has 30 heavy (non-hydrogen) atoms. The number of carbonyl (C=O) groups is 1. The minimum Gasteiger partial charge on any atom is -0.464 e. The fraction of sp³-hybridized carbons (Fsp3) is 0.100. The first-order valence-electron chi connectivity index (χ1n) is 8.45. The second kappa shape index (κ2) is 9.10. The van der Waals surface area contributed by atoms with Crippen LogP contribution in [0.4, 0.5) is 11.5 Å². The fourth-order valence-corrected chi connectivity index (χ4v) is 3.97. The maximum atomic E-state index is 12.6. The minimum atomic E-state index is -0.659. The van der Waals surface area contributed by atoms with Crippen LogP contribution < -0.4 is 11.1 Å². The largest absolute Gasteiger partial charge is 0.464 e. The smallest absolute Gasteiger partial charge is 0.237 e. The number of anilines is 2. The predicted octanol–water partition coefficient (Wildman–Crippen LogP) is 5.09. The molecule has 3 N–H and O–H groups in total. The van der Waals surface area contributed by atoms with Crippen molar-refractivity contribution in [2.75, 3.05) is 11.1 Å². The van der Waals surface area contributed by atoms with Crippen LogP contribution in [0, 0.1) is 22.7 Å². The summed E-state index contributed by atoms with van der Waals surface area (Å²) in [7, 11) is 0. The maximum absolute atomic E-state index is 12.6. The van der Waals surface area contributed by atoms with E-state index in [1.54, 1.807) is 31.2 Å². The molecule has 0 aliphatic rings. The number of nitrogens with zero attached hydrogens (tertiary/aromatic N) is 3. The highest BCUT2D eigenvalue weighted by molar-refractivity contribution is 8.00. The highest BCUT2D eigenvalue weighted by atomic mass is 35.5. The number of hydrogen-bond donors (Lipinski definition) is 2. The number of thioether (sulfide) groups is 1. The van der Waals surface area contributed by atoms with Gasteiger partial charge in [-0.3, -0.25) is 4.79 Å². The number of halogens is 2. The van der Waals surface area contributed by atoms with Crippen LogP contribution in [-0.4, -0.2) is 16.1 Å². The number of rotatable bonds is 5. The monoisotopic (exact) mass is 457 g/mol. The zero-order chi connectivity index (χ0) is 21.8. The number of nitrogen functional groups attached to an aromatic ring is 1. The van der Waals surface area contributed by atoms with Crippen LogP contribution in [0.2, 0.25) is 10.0 Å². The van der Waals surface area contributed by atoms with E-state index < -0.39 is 5.25 Å². The summed E-state index contributed by atoms with van der Waals surface area (Å²) in [4.78, 5) is 16.8. The third kappa shape index (κ3) is 4.37. The lowest BCUT2D eigenvalue weighted by atomic mass is 10.0. The third-order valence-electron chi connectivity index (χ3n) is 4.03. The third-order valence-corrected chi connectivity index (χ3v) is 5.66. The molecule has 2 heterocycles. The summed E-state index contributed by atoms with van der Waals surface area (Å²) in [6.07, 6.45) is 1.42. The molecule has 7 nitrogen and oxygen atoms in total. The fourth-order valence-electron chi connectivity index (χ4n) is 2.60. The minimum absolute atomic E-state index is 0.0379. The number of furan rings is 1. The summed E-state index contributed by atoms with van der Waals surface area (Å²) in [6, 6.07) is 12.0.